The summed E-state index contributed by atoms with van der Waals surface area (Å²) in [6, 6.07) is 9.80. The van der Waals surface area contributed by atoms with E-state index < -0.39 is 23.5 Å². The molecule has 2 aromatic carbocycles. The molecule has 1 heterocycles. The molecule has 0 aliphatic rings. The van der Waals surface area contributed by atoms with Crippen LogP contribution < -0.4 is 25.7 Å². The van der Waals surface area contributed by atoms with Crippen molar-refractivity contribution in [3.05, 3.63) is 64.0 Å². The zero-order valence-corrected chi connectivity index (χ0v) is 20.7. The minimum absolute atomic E-state index is 0.216. The summed E-state index contributed by atoms with van der Waals surface area (Å²) in [7, 11) is 2.94. The van der Waals surface area contributed by atoms with Crippen LogP contribution in [0.4, 0.5) is 5.69 Å². The second-order valence-electron chi connectivity index (χ2n) is 8.39. The molecule has 0 saturated carbocycles. The highest BCUT2D eigenvalue weighted by Gasteiger charge is 2.27. The van der Waals surface area contributed by atoms with Gasteiger partial charge in [-0.2, -0.15) is 0 Å². The van der Waals surface area contributed by atoms with Gasteiger partial charge in [-0.1, -0.05) is 13.8 Å². The standard InChI is InChI=1S/C26H28N2O8/c1-14(2)24(28-25(31)16-8-19(33-4)12-20(9-16)34-5)26(32)35-13-17-10-23(30)36-22-11-18(27-15(3)29)6-7-21(17)22/h6-12,14,24H,13H2,1-5H3,(H,27,29)(H,28,31). The summed E-state index contributed by atoms with van der Waals surface area (Å²) in [6.45, 7) is 4.69. The highest BCUT2D eigenvalue weighted by atomic mass is 16.5. The zero-order chi connectivity index (χ0) is 26.4. The number of hydrogen-bond acceptors (Lipinski definition) is 8. The Morgan fingerprint density at radius 3 is 2.22 bits per heavy atom. The first-order valence-electron chi connectivity index (χ1n) is 11.2. The van der Waals surface area contributed by atoms with Crippen molar-refractivity contribution < 1.29 is 33.0 Å². The Labute approximate surface area is 207 Å². The molecule has 10 nitrogen and oxygen atoms in total. The van der Waals surface area contributed by atoms with Crippen molar-refractivity contribution in [3.8, 4) is 11.5 Å². The number of benzene rings is 2. The van der Waals surface area contributed by atoms with Gasteiger partial charge in [0, 0.05) is 47.3 Å². The Morgan fingerprint density at radius 1 is 0.972 bits per heavy atom. The second kappa shape index (κ2) is 11.4. The van der Waals surface area contributed by atoms with Gasteiger partial charge in [0.05, 0.1) is 14.2 Å². The van der Waals surface area contributed by atoms with Crippen LogP contribution >= 0.6 is 0 Å². The molecule has 190 valence electrons. The molecule has 3 rings (SSSR count). The number of anilines is 1. The first kappa shape index (κ1) is 26.3. The molecule has 2 N–H and O–H groups in total. The maximum absolute atomic E-state index is 12.9. The zero-order valence-electron chi connectivity index (χ0n) is 20.7. The smallest absolute Gasteiger partial charge is 0.336 e. The van der Waals surface area contributed by atoms with Gasteiger partial charge in [0.25, 0.3) is 5.91 Å². The summed E-state index contributed by atoms with van der Waals surface area (Å²) in [5, 5.41) is 5.86. The minimum Gasteiger partial charge on any atom is -0.497 e. The van der Waals surface area contributed by atoms with Crippen molar-refractivity contribution in [2.75, 3.05) is 19.5 Å². The summed E-state index contributed by atoms with van der Waals surface area (Å²) in [5.41, 5.74) is 0.750. The number of ether oxygens (including phenoxy) is 3. The molecule has 3 aromatic rings. The molecule has 0 fully saturated rings. The summed E-state index contributed by atoms with van der Waals surface area (Å²) < 4.78 is 21.1. The van der Waals surface area contributed by atoms with E-state index in [0.717, 1.165) is 0 Å². The Bertz CT molecular complexity index is 1320. The van der Waals surface area contributed by atoms with E-state index in [4.69, 9.17) is 18.6 Å². The third-order valence-corrected chi connectivity index (χ3v) is 5.34. The summed E-state index contributed by atoms with van der Waals surface area (Å²) >= 11 is 0. The lowest BCUT2D eigenvalue weighted by Crippen LogP contribution is -2.45. The molecule has 0 aliphatic heterocycles. The van der Waals surface area contributed by atoms with Crippen molar-refractivity contribution in [1.82, 2.24) is 5.32 Å². The van der Waals surface area contributed by atoms with Gasteiger partial charge < -0.3 is 29.3 Å². The van der Waals surface area contributed by atoms with E-state index in [2.05, 4.69) is 10.6 Å². The predicted molar refractivity (Wildman–Crippen MR) is 132 cm³/mol. The third kappa shape index (κ3) is 6.41. The summed E-state index contributed by atoms with van der Waals surface area (Å²) in [5.74, 6) is -0.856. The van der Waals surface area contributed by atoms with E-state index in [1.807, 2.05) is 0 Å². The number of fused-ring (bicyclic) bond motifs is 1. The van der Waals surface area contributed by atoms with Gasteiger partial charge in [-0.15, -0.1) is 0 Å². The molecular weight excluding hydrogens is 468 g/mol. The van der Waals surface area contributed by atoms with Crippen LogP contribution in [0, 0.1) is 5.92 Å². The molecule has 0 bridgehead atoms. The van der Waals surface area contributed by atoms with Crippen LogP contribution in [-0.4, -0.2) is 38.0 Å². The molecule has 0 spiro atoms. The number of methoxy groups -OCH3 is 2. The first-order chi connectivity index (χ1) is 17.1. The monoisotopic (exact) mass is 496 g/mol. The summed E-state index contributed by atoms with van der Waals surface area (Å²) in [6.07, 6.45) is 0. The molecule has 36 heavy (non-hydrogen) atoms. The van der Waals surface area contributed by atoms with Gasteiger partial charge >= 0.3 is 11.6 Å². The number of carbonyl (C=O) groups excluding carboxylic acids is 3. The third-order valence-electron chi connectivity index (χ3n) is 5.34. The predicted octanol–water partition coefficient (Wildman–Crippen LogP) is 3.27. The Hall–Kier alpha value is -4.34. The van der Waals surface area contributed by atoms with Crippen LogP contribution in [0.5, 0.6) is 11.5 Å². The van der Waals surface area contributed by atoms with Crippen molar-refractivity contribution in [2.45, 2.75) is 33.4 Å². The second-order valence-corrected chi connectivity index (χ2v) is 8.39. The van der Waals surface area contributed by atoms with Crippen LogP contribution in [0.15, 0.2) is 51.7 Å². The normalized spacial score (nSPS) is 11.6. The first-order valence-corrected chi connectivity index (χ1v) is 11.2. The fraction of sp³-hybridized carbons (Fsp3) is 0.308. The quantitative estimate of drug-likeness (QED) is 0.341. The largest absolute Gasteiger partial charge is 0.497 e. The molecule has 10 heteroatoms. The number of rotatable bonds is 9. The Kier molecular flexibility index (Phi) is 8.31. The maximum Gasteiger partial charge on any atom is 0.336 e. The number of carbonyl (C=O) groups is 3. The van der Waals surface area contributed by atoms with Crippen molar-refractivity contribution >= 4 is 34.4 Å². The van der Waals surface area contributed by atoms with E-state index >= 15 is 0 Å². The number of nitrogens with one attached hydrogen (secondary N) is 2. The summed E-state index contributed by atoms with van der Waals surface area (Å²) in [4.78, 5) is 49.2. The Morgan fingerprint density at radius 2 is 1.64 bits per heavy atom. The van der Waals surface area contributed by atoms with Crippen LogP contribution in [0.1, 0.15) is 36.7 Å². The van der Waals surface area contributed by atoms with Crippen LogP contribution in [0.25, 0.3) is 11.0 Å². The van der Waals surface area contributed by atoms with Crippen LogP contribution in [0.2, 0.25) is 0 Å². The number of amides is 2. The van der Waals surface area contributed by atoms with Gasteiger partial charge in [-0.05, 0) is 30.2 Å². The van der Waals surface area contributed by atoms with E-state index in [1.165, 1.54) is 45.4 Å². The SMILES string of the molecule is COc1cc(OC)cc(C(=O)NC(C(=O)OCc2cc(=O)oc3cc(NC(C)=O)ccc23)C(C)C)c1. The molecule has 1 aromatic heterocycles. The minimum atomic E-state index is -0.951. The van der Waals surface area contributed by atoms with Crippen molar-refractivity contribution in [2.24, 2.45) is 5.92 Å². The molecular formula is C26H28N2O8. The average Bonchev–Trinajstić information content (AvgIpc) is 2.84. The lowest BCUT2D eigenvalue weighted by atomic mass is 10.0. The molecule has 0 radical (unpaired) electrons. The molecule has 0 saturated heterocycles. The maximum atomic E-state index is 12.9. The molecule has 1 atom stereocenters. The molecule has 2 amide bonds. The highest BCUT2D eigenvalue weighted by molar-refractivity contribution is 5.97. The fourth-order valence-corrected chi connectivity index (χ4v) is 3.53. The topological polar surface area (TPSA) is 133 Å². The van der Waals surface area contributed by atoms with Gasteiger partial charge in [-0.25, -0.2) is 9.59 Å². The van der Waals surface area contributed by atoms with Gasteiger partial charge in [0.1, 0.15) is 29.7 Å². The van der Waals surface area contributed by atoms with Crippen molar-refractivity contribution in [1.29, 1.82) is 0 Å². The number of esters is 1. The highest BCUT2D eigenvalue weighted by Crippen LogP contribution is 2.24. The number of hydrogen-bond donors (Lipinski definition) is 2. The van der Waals surface area contributed by atoms with Crippen LogP contribution in [-0.2, 0) is 20.9 Å². The lowest BCUT2D eigenvalue weighted by molar-refractivity contribution is -0.148. The van der Waals surface area contributed by atoms with Gasteiger partial charge in [-0.3, -0.25) is 9.59 Å². The van der Waals surface area contributed by atoms with Crippen molar-refractivity contribution in [3.63, 3.8) is 0 Å². The van der Waals surface area contributed by atoms with E-state index in [1.54, 1.807) is 32.0 Å². The van der Waals surface area contributed by atoms with Crippen LogP contribution in [0.3, 0.4) is 0 Å². The molecule has 0 aliphatic carbocycles. The average molecular weight is 497 g/mol. The van der Waals surface area contributed by atoms with Gasteiger partial charge in [0.2, 0.25) is 5.91 Å². The van der Waals surface area contributed by atoms with E-state index in [-0.39, 0.29) is 29.6 Å². The van der Waals surface area contributed by atoms with E-state index in [9.17, 15) is 19.2 Å². The van der Waals surface area contributed by atoms with Gasteiger partial charge in [0.15, 0.2) is 0 Å². The lowest BCUT2D eigenvalue weighted by Gasteiger charge is -2.21. The fourth-order valence-electron chi connectivity index (χ4n) is 3.53. The molecule has 1 unspecified atom stereocenters. The van der Waals surface area contributed by atoms with E-state index in [0.29, 0.717) is 28.1 Å². The Balaban J connectivity index is 1.78.